The van der Waals surface area contributed by atoms with Crippen molar-refractivity contribution in [3.05, 3.63) is 46.2 Å². The van der Waals surface area contributed by atoms with Gasteiger partial charge in [0, 0.05) is 25.2 Å². The summed E-state index contributed by atoms with van der Waals surface area (Å²) in [7, 11) is 0. The van der Waals surface area contributed by atoms with E-state index in [1.54, 1.807) is 12.3 Å². The molecule has 3 N–H and O–H groups in total. The smallest absolute Gasteiger partial charge is 0.326 e. The SMILES string of the molecule is CC1CCN(C(=O)c2ccc(-c3cc(C4(CC5CC5)CN4)n4ncc(/C=C5\NC(=O)NC5=O)c4n3)s2)C1. The molecule has 4 amide bonds. The van der Waals surface area contributed by atoms with Crippen molar-refractivity contribution in [2.75, 3.05) is 19.6 Å². The summed E-state index contributed by atoms with van der Waals surface area (Å²) in [5, 5.41) is 13.0. The second kappa shape index (κ2) is 8.22. The summed E-state index contributed by atoms with van der Waals surface area (Å²) < 4.78 is 1.85. The van der Waals surface area contributed by atoms with Gasteiger partial charge in [0.15, 0.2) is 5.65 Å². The minimum Gasteiger partial charge on any atom is -0.338 e. The maximum Gasteiger partial charge on any atom is 0.326 e. The highest BCUT2D eigenvalue weighted by Gasteiger charge is 2.49. The number of amides is 4. The quantitative estimate of drug-likeness (QED) is 0.262. The van der Waals surface area contributed by atoms with Gasteiger partial charge in [0.05, 0.1) is 32.9 Å². The molecule has 3 aromatic rings. The zero-order valence-electron chi connectivity index (χ0n) is 20.4. The Balaban J connectivity index is 1.31. The second-order valence-corrected chi connectivity index (χ2v) is 11.8. The fourth-order valence-corrected chi connectivity index (χ4v) is 6.34. The Bertz CT molecular complexity index is 1500. The van der Waals surface area contributed by atoms with Gasteiger partial charge in [0.25, 0.3) is 11.8 Å². The molecular weight excluding hydrogens is 490 g/mol. The van der Waals surface area contributed by atoms with Crippen LogP contribution in [0.25, 0.3) is 22.3 Å². The number of carbonyl (C=O) groups excluding carboxylic acids is 3. The number of likely N-dealkylation sites (tertiary alicyclic amines) is 1. The van der Waals surface area contributed by atoms with E-state index in [4.69, 9.17) is 4.98 Å². The molecule has 0 bridgehead atoms. The van der Waals surface area contributed by atoms with E-state index in [1.165, 1.54) is 24.2 Å². The second-order valence-electron chi connectivity index (χ2n) is 10.7. The lowest BCUT2D eigenvalue weighted by atomic mass is 9.97. The van der Waals surface area contributed by atoms with E-state index in [9.17, 15) is 14.4 Å². The maximum atomic E-state index is 13.1. The van der Waals surface area contributed by atoms with E-state index < -0.39 is 11.9 Å². The number of thiophene rings is 1. The fraction of sp³-hybridized carbons (Fsp3) is 0.423. The molecule has 1 aliphatic carbocycles. The van der Waals surface area contributed by atoms with Crippen molar-refractivity contribution < 1.29 is 14.4 Å². The van der Waals surface area contributed by atoms with Gasteiger partial charge in [-0.15, -0.1) is 11.3 Å². The first kappa shape index (κ1) is 22.6. The van der Waals surface area contributed by atoms with Crippen LogP contribution in [0, 0.1) is 11.8 Å². The number of nitrogens with one attached hydrogen (secondary N) is 3. The van der Waals surface area contributed by atoms with Crippen LogP contribution in [0.1, 0.15) is 53.5 Å². The number of carbonyl (C=O) groups is 3. The molecular formula is C26H27N7O3S. The molecule has 2 unspecified atom stereocenters. The highest BCUT2D eigenvalue weighted by molar-refractivity contribution is 7.17. The first-order valence-corrected chi connectivity index (χ1v) is 13.6. The third-order valence-corrected chi connectivity index (χ3v) is 8.82. The van der Waals surface area contributed by atoms with E-state index in [0.29, 0.717) is 27.9 Å². The number of fused-ring (bicyclic) bond motifs is 1. The van der Waals surface area contributed by atoms with Crippen LogP contribution in [0.3, 0.4) is 0 Å². The average molecular weight is 518 g/mol. The van der Waals surface area contributed by atoms with Crippen molar-refractivity contribution in [3.8, 4) is 10.6 Å². The Labute approximate surface area is 217 Å². The van der Waals surface area contributed by atoms with Crippen molar-refractivity contribution in [1.82, 2.24) is 35.4 Å². The lowest BCUT2D eigenvalue weighted by Crippen LogP contribution is -2.27. The van der Waals surface area contributed by atoms with E-state index in [1.807, 2.05) is 21.5 Å². The van der Waals surface area contributed by atoms with E-state index in [-0.39, 0.29) is 17.1 Å². The summed E-state index contributed by atoms with van der Waals surface area (Å²) in [6.45, 7) is 4.65. The Morgan fingerprint density at radius 1 is 1.24 bits per heavy atom. The predicted molar refractivity (Wildman–Crippen MR) is 138 cm³/mol. The standard InChI is InChI=1S/C26H27N7O3S/c1-14-6-7-32(12-14)24(35)20-5-4-19(37-20)17-9-21(26(13-27-26)10-15-2-3-15)33-22(29-17)16(11-28-33)8-18-23(34)31-25(36)30-18/h4-5,8-9,11,14-15,27H,2-3,6-7,10,12-13H2,1H3,(H2,30,31,34,36)/b18-8-. The molecule has 0 spiro atoms. The normalized spacial score (nSPS) is 26.2. The minimum atomic E-state index is -0.546. The van der Waals surface area contributed by atoms with Gasteiger partial charge in [0.1, 0.15) is 5.70 Å². The monoisotopic (exact) mass is 517 g/mol. The van der Waals surface area contributed by atoms with Gasteiger partial charge in [-0.05, 0) is 49.0 Å². The van der Waals surface area contributed by atoms with Crippen molar-refractivity contribution in [3.63, 3.8) is 0 Å². The summed E-state index contributed by atoms with van der Waals surface area (Å²) in [5.41, 5.74) is 3.04. The highest BCUT2D eigenvalue weighted by atomic mass is 32.1. The van der Waals surface area contributed by atoms with Crippen LogP contribution in [0.15, 0.2) is 30.1 Å². The molecule has 10 nitrogen and oxygen atoms in total. The van der Waals surface area contributed by atoms with Gasteiger partial charge in [-0.1, -0.05) is 19.8 Å². The van der Waals surface area contributed by atoms with Crippen LogP contribution >= 0.6 is 11.3 Å². The highest BCUT2D eigenvalue weighted by Crippen LogP contribution is 2.46. The third kappa shape index (κ3) is 4.02. The molecule has 3 aliphatic heterocycles. The maximum absolute atomic E-state index is 13.1. The molecule has 37 heavy (non-hydrogen) atoms. The molecule has 6 heterocycles. The summed E-state index contributed by atoms with van der Waals surface area (Å²) in [4.78, 5) is 45.3. The molecule has 1 saturated carbocycles. The van der Waals surface area contributed by atoms with Crippen molar-refractivity contribution in [1.29, 1.82) is 0 Å². The van der Waals surface area contributed by atoms with Gasteiger partial charge in [-0.2, -0.15) is 5.10 Å². The molecule has 7 rings (SSSR count). The molecule has 4 fully saturated rings. The van der Waals surface area contributed by atoms with Gasteiger partial charge >= 0.3 is 6.03 Å². The van der Waals surface area contributed by atoms with E-state index >= 15 is 0 Å². The van der Waals surface area contributed by atoms with Crippen LogP contribution in [0.4, 0.5) is 4.79 Å². The van der Waals surface area contributed by atoms with Gasteiger partial charge in [-0.25, -0.2) is 14.3 Å². The Morgan fingerprint density at radius 2 is 2.08 bits per heavy atom. The zero-order chi connectivity index (χ0) is 25.3. The molecule has 3 aromatic heterocycles. The Kier molecular flexibility index (Phi) is 5.02. The third-order valence-electron chi connectivity index (χ3n) is 7.73. The summed E-state index contributed by atoms with van der Waals surface area (Å²) in [6, 6.07) is 5.40. The van der Waals surface area contributed by atoms with Crippen LogP contribution in [0.5, 0.6) is 0 Å². The number of imide groups is 1. The first-order chi connectivity index (χ1) is 17.9. The van der Waals surface area contributed by atoms with Crippen molar-refractivity contribution in [2.45, 2.75) is 38.1 Å². The molecule has 3 saturated heterocycles. The van der Waals surface area contributed by atoms with Crippen LogP contribution in [0.2, 0.25) is 0 Å². The largest absolute Gasteiger partial charge is 0.338 e. The van der Waals surface area contributed by atoms with Gasteiger partial charge in [0.2, 0.25) is 0 Å². The number of aromatic nitrogens is 3. The van der Waals surface area contributed by atoms with Crippen molar-refractivity contribution >= 4 is 40.9 Å². The lowest BCUT2D eigenvalue weighted by molar-refractivity contribution is -0.115. The summed E-state index contributed by atoms with van der Waals surface area (Å²) in [6.07, 6.45) is 7.87. The zero-order valence-corrected chi connectivity index (χ0v) is 21.2. The van der Waals surface area contributed by atoms with Crippen molar-refractivity contribution in [2.24, 2.45) is 11.8 Å². The van der Waals surface area contributed by atoms with Crippen LogP contribution in [-0.4, -0.2) is 57.0 Å². The fourth-order valence-electron chi connectivity index (χ4n) is 5.40. The number of hydrogen-bond donors (Lipinski definition) is 3. The van der Waals surface area contributed by atoms with Gasteiger partial charge in [-0.3, -0.25) is 14.9 Å². The average Bonchev–Trinajstić information content (AvgIpc) is 3.61. The number of nitrogens with zero attached hydrogens (tertiary/aromatic N) is 4. The topological polar surface area (TPSA) is 131 Å². The minimum absolute atomic E-state index is 0.0775. The lowest BCUT2D eigenvalue weighted by Gasteiger charge is -2.16. The molecule has 190 valence electrons. The molecule has 11 heteroatoms. The molecule has 0 aromatic carbocycles. The first-order valence-electron chi connectivity index (χ1n) is 12.8. The van der Waals surface area contributed by atoms with Crippen LogP contribution in [-0.2, 0) is 10.3 Å². The Morgan fingerprint density at radius 3 is 2.76 bits per heavy atom. The summed E-state index contributed by atoms with van der Waals surface area (Å²) >= 11 is 1.46. The van der Waals surface area contributed by atoms with Crippen LogP contribution < -0.4 is 16.0 Å². The molecule has 2 atom stereocenters. The molecule has 4 aliphatic rings. The Hall–Kier alpha value is -3.57. The van der Waals surface area contributed by atoms with E-state index in [2.05, 4.69) is 34.0 Å². The number of rotatable bonds is 6. The molecule has 0 radical (unpaired) electrons. The number of urea groups is 1. The van der Waals surface area contributed by atoms with E-state index in [0.717, 1.165) is 48.7 Å². The number of hydrogen-bond acceptors (Lipinski definition) is 7. The van der Waals surface area contributed by atoms with Gasteiger partial charge < -0.3 is 15.5 Å². The predicted octanol–water partition coefficient (Wildman–Crippen LogP) is 2.72. The summed E-state index contributed by atoms with van der Waals surface area (Å²) in [5.74, 6) is 0.844.